The van der Waals surface area contributed by atoms with E-state index in [4.69, 9.17) is 4.74 Å². The number of nitrogens with zero attached hydrogens (tertiary/aromatic N) is 2. The van der Waals surface area contributed by atoms with Gasteiger partial charge in [-0.3, -0.25) is 9.59 Å². The van der Waals surface area contributed by atoms with Gasteiger partial charge in [0.2, 0.25) is 5.91 Å². The molecule has 1 heterocycles. The van der Waals surface area contributed by atoms with E-state index >= 15 is 0 Å². The van der Waals surface area contributed by atoms with Gasteiger partial charge in [-0.25, -0.2) is 9.97 Å². The molecule has 2 aromatic carbocycles. The summed E-state index contributed by atoms with van der Waals surface area (Å²) in [6.07, 6.45) is 3.26. The summed E-state index contributed by atoms with van der Waals surface area (Å²) < 4.78 is 5.38. The summed E-state index contributed by atoms with van der Waals surface area (Å²) in [7, 11) is 0. The summed E-state index contributed by atoms with van der Waals surface area (Å²) >= 11 is 1.25. The Bertz CT molecular complexity index is 948. The van der Waals surface area contributed by atoms with Crippen LogP contribution in [0.1, 0.15) is 17.3 Å². The summed E-state index contributed by atoms with van der Waals surface area (Å²) in [6, 6.07) is 15.6. The Balaban J connectivity index is 1.51. The highest BCUT2D eigenvalue weighted by Crippen LogP contribution is 2.18. The molecule has 148 valence electrons. The molecule has 8 heteroatoms. The number of ether oxygens (including phenoxy) is 1. The third-order valence-corrected chi connectivity index (χ3v) is 4.60. The van der Waals surface area contributed by atoms with Gasteiger partial charge >= 0.3 is 0 Å². The molecule has 3 rings (SSSR count). The van der Waals surface area contributed by atoms with Gasteiger partial charge in [0.15, 0.2) is 5.16 Å². The molecule has 0 fully saturated rings. The van der Waals surface area contributed by atoms with Crippen LogP contribution in [-0.2, 0) is 4.79 Å². The van der Waals surface area contributed by atoms with Crippen LogP contribution in [0.15, 0.2) is 72.1 Å². The van der Waals surface area contributed by atoms with Crippen molar-refractivity contribution < 1.29 is 14.3 Å². The van der Waals surface area contributed by atoms with Gasteiger partial charge in [-0.05, 0) is 61.5 Å². The number of carbonyl (C=O) groups is 2. The lowest BCUT2D eigenvalue weighted by molar-refractivity contribution is -0.113. The first kappa shape index (κ1) is 20.3. The van der Waals surface area contributed by atoms with E-state index in [2.05, 4.69) is 20.6 Å². The number of anilines is 2. The lowest BCUT2D eigenvalue weighted by Crippen LogP contribution is -2.15. The maximum Gasteiger partial charge on any atom is 0.255 e. The summed E-state index contributed by atoms with van der Waals surface area (Å²) in [5, 5.41) is 6.16. The Kier molecular flexibility index (Phi) is 7.18. The van der Waals surface area contributed by atoms with E-state index in [1.807, 2.05) is 6.92 Å². The van der Waals surface area contributed by atoms with Crippen LogP contribution in [0.25, 0.3) is 0 Å². The fraction of sp³-hybridized carbons (Fsp3) is 0.143. The smallest absolute Gasteiger partial charge is 0.255 e. The van der Waals surface area contributed by atoms with E-state index in [1.165, 1.54) is 11.8 Å². The van der Waals surface area contributed by atoms with E-state index in [1.54, 1.807) is 67.0 Å². The highest BCUT2D eigenvalue weighted by atomic mass is 32.2. The Hall–Kier alpha value is -3.39. The van der Waals surface area contributed by atoms with Crippen LogP contribution in [-0.4, -0.2) is 34.1 Å². The van der Waals surface area contributed by atoms with Crippen molar-refractivity contribution in [2.75, 3.05) is 23.0 Å². The summed E-state index contributed by atoms with van der Waals surface area (Å²) in [4.78, 5) is 32.5. The molecule has 0 aliphatic rings. The highest BCUT2D eigenvalue weighted by molar-refractivity contribution is 7.99. The zero-order valence-corrected chi connectivity index (χ0v) is 16.6. The maximum atomic E-state index is 12.4. The predicted octanol–water partition coefficient (Wildman–Crippen LogP) is 3.86. The fourth-order valence-corrected chi connectivity index (χ4v) is 3.00. The third kappa shape index (κ3) is 6.32. The summed E-state index contributed by atoms with van der Waals surface area (Å²) in [5.41, 5.74) is 1.78. The number of hydrogen-bond donors (Lipinski definition) is 2. The summed E-state index contributed by atoms with van der Waals surface area (Å²) in [5.74, 6) is 0.546. The van der Waals surface area contributed by atoms with Gasteiger partial charge in [0, 0.05) is 29.3 Å². The van der Waals surface area contributed by atoms with Gasteiger partial charge < -0.3 is 15.4 Å². The minimum Gasteiger partial charge on any atom is -0.494 e. The molecule has 2 amide bonds. The van der Waals surface area contributed by atoms with E-state index in [9.17, 15) is 9.59 Å². The zero-order chi connectivity index (χ0) is 20.5. The molecule has 0 radical (unpaired) electrons. The molecular weight excluding hydrogens is 388 g/mol. The van der Waals surface area contributed by atoms with Crippen molar-refractivity contribution in [3.63, 3.8) is 0 Å². The number of benzene rings is 2. The number of rotatable bonds is 8. The third-order valence-electron chi connectivity index (χ3n) is 3.73. The van der Waals surface area contributed by atoms with Gasteiger partial charge in [0.05, 0.1) is 12.4 Å². The second-order valence-corrected chi connectivity index (χ2v) is 6.80. The quantitative estimate of drug-likeness (QED) is 0.434. The topological polar surface area (TPSA) is 93.2 Å². The molecule has 0 spiro atoms. The van der Waals surface area contributed by atoms with Crippen LogP contribution in [0.5, 0.6) is 5.75 Å². The van der Waals surface area contributed by atoms with E-state index in [-0.39, 0.29) is 17.6 Å². The average Bonchev–Trinajstić information content (AvgIpc) is 2.75. The molecular formula is C21H20N4O3S. The van der Waals surface area contributed by atoms with Crippen molar-refractivity contribution in [3.8, 4) is 5.75 Å². The van der Waals surface area contributed by atoms with Crippen molar-refractivity contribution in [1.82, 2.24) is 9.97 Å². The normalized spacial score (nSPS) is 10.2. The van der Waals surface area contributed by atoms with E-state index in [0.717, 1.165) is 5.75 Å². The number of hydrogen-bond acceptors (Lipinski definition) is 6. The number of nitrogens with one attached hydrogen (secondary N) is 2. The highest BCUT2D eigenvalue weighted by Gasteiger charge is 2.08. The second-order valence-electron chi connectivity index (χ2n) is 5.86. The van der Waals surface area contributed by atoms with Crippen molar-refractivity contribution in [2.24, 2.45) is 0 Å². The SMILES string of the molecule is CCOc1ccc(NC(=O)c2ccc(NC(=O)CSc3ncccn3)cc2)cc1. The number of thioether (sulfide) groups is 1. The minimum absolute atomic E-state index is 0.172. The largest absolute Gasteiger partial charge is 0.494 e. The Morgan fingerprint density at radius 1 is 0.931 bits per heavy atom. The number of carbonyl (C=O) groups excluding carboxylic acids is 2. The summed E-state index contributed by atoms with van der Waals surface area (Å²) in [6.45, 7) is 2.51. The standard InChI is InChI=1S/C21H20N4O3S/c1-2-28-18-10-8-17(9-11-18)25-20(27)15-4-6-16(7-5-15)24-19(26)14-29-21-22-12-3-13-23-21/h3-13H,2,14H2,1H3,(H,24,26)(H,25,27). The predicted molar refractivity (Wildman–Crippen MR) is 113 cm³/mol. The molecule has 1 aromatic heterocycles. The van der Waals surface area contributed by atoms with Crippen LogP contribution in [0.2, 0.25) is 0 Å². The first-order chi connectivity index (χ1) is 14.1. The molecule has 0 aliphatic carbocycles. The Morgan fingerprint density at radius 3 is 2.21 bits per heavy atom. The van der Waals surface area contributed by atoms with Crippen LogP contribution in [0, 0.1) is 0 Å². The maximum absolute atomic E-state index is 12.4. The second kappa shape index (κ2) is 10.2. The zero-order valence-electron chi connectivity index (χ0n) is 15.8. The molecule has 3 aromatic rings. The van der Waals surface area contributed by atoms with Crippen molar-refractivity contribution in [3.05, 3.63) is 72.6 Å². The van der Waals surface area contributed by atoms with Crippen molar-refractivity contribution in [1.29, 1.82) is 0 Å². The van der Waals surface area contributed by atoms with E-state index in [0.29, 0.717) is 28.7 Å². The fourth-order valence-electron chi connectivity index (χ4n) is 2.40. The van der Waals surface area contributed by atoms with Crippen LogP contribution >= 0.6 is 11.8 Å². The number of amides is 2. The first-order valence-corrected chi connectivity index (χ1v) is 9.96. The van der Waals surface area contributed by atoms with Gasteiger partial charge in [-0.1, -0.05) is 11.8 Å². The van der Waals surface area contributed by atoms with Gasteiger partial charge in [0.25, 0.3) is 5.91 Å². The first-order valence-electron chi connectivity index (χ1n) is 8.98. The van der Waals surface area contributed by atoms with Crippen LogP contribution < -0.4 is 15.4 Å². The Labute approximate surface area is 172 Å². The van der Waals surface area contributed by atoms with Crippen LogP contribution in [0.4, 0.5) is 11.4 Å². The van der Waals surface area contributed by atoms with Crippen molar-refractivity contribution in [2.45, 2.75) is 12.1 Å². The molecule has 0 saturated heterocycles. The lowest BCUT2D eigenvalue weighted by atomic mass is 10.2. The molecule has 0 atom stereocenters. The molecule has 2 N–H and O–H groups in total. The molecule has 0 unspecified atom stereocenters. The molecule has 0 aliphatic heterocycles. The van der Waals surface area contributed by atoms with Gasteiger partial charge in [0.1, 0.15) is 5.75 Å². The Morgan fingerprint density at radius 2 is 1.55 bits per heavy atom. The molecule has 7 nitrogen and oxygen atoms in total. The van der Waals surface area contributed by atoms with E-state index < -0.39 is 0 Å². The minimum atomic E-state index is -0.233. The lowest BCUT2D eigenvalue weighted by Gasteiger charge is -2.08. The molecule has 29 heavy (non-hydrogen) atoms. The van der Waals surface area contributed by atoms with Gasteiger partial charge in [-0.2, -0.15) is 0 Å². The number of aromatic nitrogens is 2. The van der Waals surface area contributed by atoms with Gasteiger partial charge in [-0.15, -0.1) is 0 Å². The monoisotopic (exact) mass is 408 g/mol. The van der Waals surface area contributed by atoms with Crippen molar-refractivity contribution >= 4 is 35.0 Å². The molecule has 0 saturated carbocycles. The average molecular weight is 408 g/mol. The van der Waals surface area contributed by atoms with Crippen LogP contribution in [0.3, 0.4) is 0 Å². The molecule has 0 bridgehead atoms.